The van der Waals surface area contributed by atoms with E-state index in [1.54, 1.807) is 43.6 Å². The minimum Gasteiger partial charge on any atom is -0.322 e. The molecule has 0 aliphatic heterocycles. The van der Waals surface area contributed by atoms with Gasteiger partial charge in [-0.05, 0) is 35.9 Å². The number of halogens is 1. The van der Waals surface area contributed by atoms with Crippen LogP contribution in [0.3, 0.4) is 0 Å². The van der Waals surface area contributed by atoms with E-state index < -0.39 is 5.95 Å². The number of carbonyl (C=O) groups is 1. The van der Waals surface area contributed by atoms with Crippen LogP contribution >= 0.6 is 0 Å². The van der Waals surface area contributed by atoms with E-state index >= 15 is 0 Å². The number of nitrogens with one attached hydrogen (secondary N) is 2. The smallest absolute Gasteiger partial charge is 0.264 e. The van der Waals surface area contributed by atoms with E-state index in [0.29, 0.717) is 28.0 Å². The highest BCUT2D eigenvalue weighted by molar-refractivity contribution is 5.99. The Kier molecular flexibility index (Phi) is 5.83. The molecule has 0 bridgehead atoms. The average Bonchev–Trinajstić information content (AvgIpc) is 3.20. The molecule has 0 unspecified atom stereocenters. The molecule has 1 amide bonds. The van der Waals surface area contributed by atoms with Gasteiger partial charge in [-0.15, -0.1) is 5.10 Å². The minimum absolute atomic E-state index is 0.0890. The monoisotopic (exact) mass is 481 g/mol. The predicted octanol–water partition coefficient (Wildman–Crippen LogP) is 4.19. The summed E-state index contributed by atoms with van der Waals surface area (Å²) >= 11 is 0. The van der Waals surface area contributed by atoms with Gasteiger partial charge in [0.15, 0.2) is 5.65 Å². The molecule has 0 spiro atoms. The van der Waals surface area contributed by atoms with Gasteiger partial charge in [0.1, 0.15) is 5.69 Å². The lowest BCUT2D eigenvalue weighted by atomic mass is 10.1. The Bertz CT molecular complexity index is 1680. The molecule has 3 aromatic heterocycles. The van der Waals surface area contributed by atoms with E-state index in [1.165, 1.54) is 15.4 Å². The number of fused-ring (bicyclic) bond motifs is 1. The molecule has 10 heteroatoms. The number of benzene rings is 2. The summed E-state index contributed by atoms with van der Waals surface area (Å²) in [5.41, 5.74) is 2.21. The topological polar surface area (TPSA) is 107 Å². The molecule has 36 heavy (non-hydrogen) atoms. The van der Waals surface area contributed by atoms with Crippen molar-refractivity contribution in [3.63, 3.8) is 0 Å². The number of hydrogen-bond donors (Lipinski definition) is 2. The molecule has 178 valence electrons. The molecule has 0 atom stereocenters. The van der Waals surface area contributed by atoms with Crippen molar-refractivity contribution >= 4 is 34.3 Å². The zero-order chi connectivity index (χ0) is 25.2. The van der Waals surface area contributed by atoms with Gasteiger partial charge >= 0.3 is 0 Å². The summed E-state index contributed by atoms with van der Waals surface area (Å²) in [5.74, 6) is -0.996. The summed E-state index contributed by atoms with van der Waals surface area (Å²) in [6, 6.07) is 17.8. The lowest BCUT2D eigenvalue weighted by molar-refractivity contribution is -0.111. The second-order valence-electron chi connectivity index (χ2n) is 7.91. The summed E-state index contributed by atoms with van der Waals surface area (Å²) in [6.45, 7) is 3.47. The highest BCUT2D eigenvalue weighted by Gasteiger charge is 2.16. The molecule has 5 aromatic rings. The molecule has 3 heterocycles. The van der Waals surface area contributed by atoms with Gasteiger partial charge in [-0.1, -0.05) is 43.0 Å². The van der Waals surface area contributed by atoms with Gasteiger partial charge in [0, 0.05) is 29.9 Å². The second-order valence-corrected chi connectivity index (χ2v) is 7.91. The maximum Gasteiger partial charge on any atom is 0.264 e. The Labute approximate surface area is 204 Å². The maximum absolute atomic E-state index is 14.1. The Hall–Kier alpha value is -5.12. The van der Waals surface area contributed by atoms with Crippen LogP contribution in [0.25, 0.3) is 27.8 Å². The lowest BCUT2D eigenvalue weighted by Crippen LogP contribution is -2.22. The maximum atomic E-state index is 14.1. The van der Waals surface area contributed by atoms with E-state index in [4.69, 9.17) is 0 Å². The van der Waals surface area contributed by atoms with E-state index in [9.17, 15) is 14.0 Å². The van der Waals surface area contributed by atoms with Crippen LogP contribution in [0.4, 0.5) is 21.7 Å². The Balaban J connectivity index is 1.72. The first kappa shape index (κ1) is 22.7. The number of hydrogen-bond acceptors (Lipinski definition) is 6. The first-order valence-corrected chi connectivity index (χ1v) is 10.9. The molecular formula is C26H20FN7O2. The van der Waals surface area contributed by atoms with Gasteiger partial charge in [0.2, 0.25) is 11.9 Å². The number of anilines is 3. The number of carbonyl (C=O) groups excluding carboxylic acids is 1. The summed E-state index contributed by atoms with van der Waals surface area (Å²) in [4.78, 5) is 34.5. The van der Waals surface area contributed by atoms with E-state index in [0.717, 1.165) is 11.6 Å². The van der Waals surface area contributed by atoms with Gasteiger partial charge in [-0.25, -0.2) is 4.98 Å². The molecule has 0 saturated carbocycles. The van der Waals surface area contributed by atoms with Crippen molar-refractivity contribution in [3.8, 4) is 16.8 Å². The molecule has 0 aliphatic rings. The fourth-order valence-corrected chi connectivity index (χ4v) is 3.80. The normalized spacial score (nSPS) is 10.8. The standard InChI is InChI=1S/C26H20FN7O2/c1-3-22(35)29-18-10-7-11-19(13-18)34-24-17(12-20(25(34)36)16-8-5-4-6-9-16)14-28-26(31-24)30-21-15-33(2)32-23(21)27/h3-15H,1H2,2H3,(H,29,35)(H,28,30,31). The number of pyridine rings is 1. The highest BCUT2D eigenvalue weighted by Crippen LogP contribution is 2.25. The van der Waals surface area contributed by atoms with Crippen molar-refractivity contribution < 1.29 is 9.18 Å². The van der Waals surface area contributed by atoms with Crippen molar-refractivity contribution in [2.75, 3.05) is 10.6 Å². The number of amides is 1. The third kappa shape index (κ3) is 4.34. The lowest BCUT2D eigenvalue weighted by Gasteiger charge is -2.14. The number of nitrogens with zero attached hydrogens (tertiary/aromatic N) is 5. The molecule has 0 fully saturated rings. The van der Waals surface area contributed by atoms with Crippen LogP contribution in [0, 0.1) is 5.95 Å². The SMILES string of the molecule is C=CC(=O)Nc1cccc(-n2c(=O)c(-c3ccccc3)cc3cnc(Nc4cn(C)nc4F)nc32)c1. The number of aryl methyl sites for hydroxylation is 1. The van der Waals surface area contributed by atoms with Crippen LogP contribution in [-0.2, 0) is 11.8 Å². The second kappa shape index (κ2) is 9.26. The fraction of sp³-hybridized carbons (Fsp3) is 0.0385. The quantitative estimate of drug-likeness (QED) is 0.352. The first-order valence-electron chi connectivity index (χ1n) is 10.9. The van der Waals surface area contributed by atoms with Crippen LogP contribution in [0.5, 0.6) is 0 Å². The minimum atomic E-state index is -0.705. The van der Waals surface area contributed by atoms with Gasteiger partial charge < -0.3 is 10.6 Å². The van der Waals surface area contributed by atoms with E-state index in [2.05, 4.69) is 32.3 Å². The fourth-order valence-electron chi connectivity index (χ4n) is 3.80. The summed E-state index contributed by atoms with van der Waals surface area (Å²) in [7, 11) is 1.59. The van der Waals surface area contributed by atoms with Gasteiger partial charge in [0.25, 0.3) is 11.5 Å². The molecule has 9 nitrogen and oxygen atoms in total. The Morgan fingerprint density at radius 1 is 1.11 bits per heavy atom. The molecular weight excluding hydrogens is 461 g/mol. The zero-order valence-corrected chi connectivity index (χ0v) is 19.1. The molecule has 5 rings (SSSR count). The first-order chi connectivity index (χ1) is 17.4. The third-order valence-electron chi connectivity index (χ3n) is 5.41. The molecule has 0 radical (unpaired) electrons. The summed E-state index contributed by atoms with van der Waals surface area (Å²) < 4.78 is 16.9. The van der Waals surface area contributed by atoms with Crippen LogP contribution < -0.4 is 16.2 Å². The van der Waals surface area contributed by atoms with Gasteiger partial charge in [-0.2, -0.15) is 9.37 Å². The Morgan fingerprint density at radius 3 is 2.64 bits per heavy atom. The third-order valence-corrected chi connectivity index (χ3v) is 5.41. The van der Waals surface area contributed by atoms with Crippen molar-refractivity contribution in [2.45, 2.75) is 0 Å². The molecule has 2 aromatic carbocycles. The molecule has 0 aliphatic carbocycles. The van der Waals surface area contributed by atoms with Gasteiger partial charge in [0.05, 0.1) is 11.9 Å². The van der Waals surface area contributed by atoms with Gasteiger partial charge in [-0.3, -0.25) is 18.8 Å². The average molecular weight is 481 g/mol. The summed E-state index contributed by atoms with van der Waals surface area (Å²) in [5, 5.41) is 9.77. The van der Waals surface area contributed by atoms with Crippen molar-refractivity contribution in [2.24, 2.45) is 7.05 Å². The van der Waals surface area contributed by atoms with E-state index in [1.807, 2.05) is 30.3 Å². The number of rotatable bonds is 6. The van der Waals surface area contributed by atoms with Crippen LogP contribution in [0.2, 0.25) is 0 Å². The molecule has 0 saturated heterocycles. The predicted molar refractivity (Wildman–Crippen MR) is 136 cm³/mol. The van der Waals surface area contributed by atoms with Crippen molar-refractivity contribution in [3.05, 3.63) is 102 Å². The van der Waals surface area contributed by atoms with Crippen molar-refractivity contribution in [1.82, 2.24) is 24.3 Å². The summed E-state index contributed by atoms with van der Waals surface area (Å²) in [6.07, 6.45) is 4.18. The van der Waals surface area contributed by atoms with E-state index in [-0.39, 0.29) is 23.1 Å². The van der Waals surface area contributed by atoms with Crippen LogP contribution in [0.1, 0.15) is 0 Å². The largest absolute Gasteiger partial charge is 0.322 e. The van der Waals surface area contributed by atoms with Crippen LogP contribution in [-0.4, -0.2) is 30.2 Å². The molecule has 2 N–H and O–H groups in total. The van der Waals surface area contributed by atoms with Crippen LogP contribution in [0.15, 0.2) is 90.5 Å². The Morgan fingerprint density at radius 2 is 1.92 bits per heavy atom. The zero-order valence-electron chi connectivity index (χ0n) is 19.1. The van der Waals surface area contributed by atoms with Crippen molar-refractivity contribution in [1.29, 1.82) is 0 Å². The number of aromatic nitrogens is 5. The highest BCUT2D eigenvalue weighted by atomic mass is 19.1.